The third-order valence-corrected chi connectivity index (χ3v) is 6.44. The van der Waals surface area contributed by atoms with E-state index in [1.165, 1.54) is 6.07 Å². The quantitative estimate of drug-likeness (QED) is 0.683. The maximum Gasteiger partial charge on any atom is 0.416 e. The minimum Gasteiger partial charge on any atom is -0.486 e. The lowest BCUT2D eigenvalue weighted by Crippen LogP contribution is -2.50. The summed E-state index contributed by atoms with van der Waals surface area (Å²) in [5.41, 5.74) is 0.467. The number of carbonyl (C=O) groups is 2. The van der Waals surface area contributed by atoms with E-state index in [2.05, 4.69) is 0 Å². The van der Waals surface area contributed by atoms with E-state index >= 15 is 0 Å². The van der Waals surface area contributed by atoms with E-state index in [0.29, 0.717) is 62.3 Å². The van der Waals surface area contributed by atoms with E-state index in [4.69, 9.17) is 9.47 Å². The first kappa shape index (κ1) is 22.4. The fourth-order valence-corrected chi connectivity index (χ4v) is 4.64. The van der Waals surface area contributed by atoms with Gasteiger partial charge < -0.3 is 24.2 Å². The summed E-state index contributed by atoms with van der Waals surface area (Å²) < 4.78 is 50.2. The molecule has 2 aromatic rings. The van der Waals surface area contributed by atoms with Crippen LogP contribution in [0.1, 0.15) is 12.0 Å². The second-order valence-corrected chi connectivity index (χ2v) is 8.59. The number of ether oxygens (including phenoxy) is 2. The molecular weight excluding hydrogens is 451 g/mol. The zero-order valence-corrected chi connectivity index (χ0v) is 18.4. The van der Waals surface area contributed by atoms with E-state index in [0.717, 1.165) is 12.1 Å². The number of piperazine rings is 1. The molecule has 2 amide bonds. The summed E-state index contributed by atoms with van der Waals surface area (Å²) in [7, 11) is 0. The van der Waals surface area contributed by atoms with E-state index in [-0.39, 0.29) is 24.8 Å². The van der Waals surface area contributed by atoms with Crippen LogP contribution in [0.4, 0.5) is 24.5 Å². The van der Waals surface area contributed by atoms with Crippen LogP contribution < -0.4 is 19.3 Å². The molecule has 3 aliphatic rings. The molecule has 10 heteroatoms. The number of amides is 2. The van der Waals surface area contributed by atoms with Gasteiger partial charge in [-0.25, -0.2) is 0 Å². The number of alkyl halides is 3. The van der Waals surface area contributed by atoms with Crippen molar-refractivity contribution in [1.29, 1.82) is 0 Å². The SMILES string of the molecule is O=C([C@@H]1CC(=O)N(c2ccc3c(c2)OCCO3)C1)N1CCN(c2cccc(C(F)(F)F)c2)CC1. The second-order valence-electron chi connectivity index (χ2n) is 8.59. The topological polar surface area (TPSA) is 62.3 Å². The zero-order chi connectivity index (χ0) is 23.9. The maximum absolute atomic E-state index is 13.1. The summed E-state index contributed by atoms with van der Waals surface area (Å²) in [6, 6.07) is 10.5. The molecule has 1 atom stereocenters. The molecule has 0 bridgehead atoms. The molecule has 0 radical (unpaired) electrons. The highest BCUT2D eigenvalue weighted by molar-refractivity contribution is 6.00. The zero-order valence-electron chi connectivity index (χ0n) is 18.4. The van der Waals surface area contributed by atoms with Crippen molar-refractivity contribution in [2.24, 2.45) is 5.92 Å². The van der Waals surface area contributed by atoms with Gasteiger partial charge in [0.2, 0.25) is 11.8 Å². The molecule has 2 aromatic carbocycles. The van der Waals surface area contributed by atoms with Crippen LogP contribution in [0, 0.1) is 5.92 Å². The smallest absolute Gasteiger partial charge is 0.416 e. The van der Waals surface area contributed by atoms with Gasteiger partial charge in [-0.15, -0.1) is 0 Å². The monoisotopic (exact) mass is 475 g/mol. The molecule has 2 saturated heterocycles. The Morgan fingerprint density at radius 2 is 1.65 bits per heavy atom. The van der Waals surface area contributed by atoms with Crippen LogP contribution in [0.2, 0.25) is 0 Å². The van der Waals surface area contributed by atoms with Crippen LogP contribution in [0.5, 0.6) is 11.5 Å². The molecule has 0 aromatic heterocycles. The van der Waals surface area contributed by atoms with Crippen LogP contribution >= 0.6 is 0 Å². The van der Waals surface area contributed by atoms with Gasteiger partial charge in [-0.05, 0) is 30.3 Å². The minimum absolute atomic E-state index is 0.0999. The van der Waals surface area contributed by atoms with Gasteiger partial charge in [-0.2, -0.15) is 13.2 Å². The number of halogens is 3. The van der Waals surface area contributed by atoms with Crippen molar-refractivity contribution in [3.8, 4) is 11.5 Å². The molecule has 3 heterocycles. The summed E-state index contributed by atoms with van der Waals surface area (Å²) in [4.78, 5) is 30.9. The van der Waals surface area contributed by atoms with Crippen molar-refractivity contribution in [3.63, 3.8) is 0 Å². The summed E-state index contributed by atoms with van der Waals surface area (Å²) >= 11 is 0. The van der Waals surface area contributed by atoms with Gasteiger partial charge >= 0.3 is 6.18 Å². The van der Waals surface area contributed by atoms with E-state index in [1.54, 1.807) is 34.1 Å². The molecular formula is C24H24F3N3O4. The van der Waals surface area contributed by atoms with Gasteiger partial charge in [0.15, 0.2) is 11.5 Å². The highest BCUT2D eigenvalue weighted by atomic mass is 19.4. The Morgan fingerprint density at radius 1 is 0.912 bits per heavy atom. The molecule has 0 spiro atoms. The van der Waals surface area contributed by atoms with Crippen molar-refractivity contribution in [3.05, 3.63) is 48.0 Å². The lowest BCUT2D eigenvalue weighted by Gasteiger charge is -2.37. The van der Waals surface area contributed by atoms with Gasteiger partial charge in [-0.1, -0.05) is 6.07 Å². The average molecular weight is 475 g/mol. The summed E-state index contributed by atoms with van der Waals surface area (Å²) in [6.45, 7) is 2.85. The largest absolute Gasteiger partial charge is 0.486 e. The standard InChI is InChI=1S/C24H24F3N3O4/c25-24(26,27)17-2-1-3-18(13-17)28-6-8-29(9-7-28)23(32)16-12-22(31)30(15-16)19-4-5-20-21(14-19)34-11-10-33-20/h1-5,13-14,16H,6-12,15H2/t16-/m1/s1. The van der Waals surface area contributed by atoms with Crippen LogP contribution in [-0.2, 0) is 15.8 Å². The van der Waals surface area contributed by atoms with Crippen molar-refractivity contribution in [1.82, 2.24) is 4.90 Å². The fourth-order valence-electron chi connectivity index (χ4n) is 4.64. The van der Waals surface area contributed by atoms with E-state index in [1.807, 2.05) is 4.90 Å². The molecule has 3 aliphatic heterocycles. The molecule has 7 nitrogen and oxygen atoms in total. The van der Waals surface area contributed by atoms with Gasteiger partial charge in [-0.3, -0.25) is 9.59 Å². The van der Waals surface area contributed by atoms with Crippen molar-refractivity contribution in [2.75, 3.05) is 55.7 Å². The summed E-state index contributed by atoms with van der Waals surface area (Å²) in [5.74, 6) is 0.528. The molecule has 2 fully saturated rings. The van der Waals surface area contributed by atoms with Crippen molar-refractivity contribution in [2.45, 2.75) is 12.6 Å². The third-order valence-electron chi connectivity index (χ3n) is 6.44. The Hall–Kier alpha value is -3.43. The van der Waals surface area contributed by atoms with Crippen LogP contribution in [0.25, 0.3) is 0 Å². The number of fused-ring (bicyclic) bond motifs is 1. The summed E-state index contributed by atoms with van der Waals surface area (Å²) in [6.07, 6.45) is -4.27. The van der Waals surface area contributed by atoms with Gasteiger partial charge in [0.1, 0.15) is 13.2 Å². The third kappa shape index (κ3) is 4.36. The number of rotatable bonds is 3. The predicted molar refractivity (Wildman–Crippen MR) is 118 cm³/mol. The van der Waals surface area contributed by atoms with Crippen molar-refractivity contribution < 1.29 is 32.2 Å². The number of carbonyl (C=O) groups excluding carboxylic acids is 2. The van der Waals surface area contributed by atoms with Gasteiger partial charge in [0, 0.05) is 56.6 Å². The van der Waals surface area contributed by atoms with Crippen LogP contribution in [0.15, 0.2) is 42.5 Å². The first-order chi connectivity index (χ1) is 16.3. The van der Waals surface area contributed by atoms with Gasteiger partial charge in [0.05, 0.1) is 11.5 Å². The Balaban J connectivity index is 1.21. The lowest BCUT2D eigenvalue weighted by atomic mass is 10.1. The predicted octanol–water partition coefficient (Wildman–Crippen LogP) is 3.18. The number of hydrogen-bond donors (Lipinski definition) is 0. The Kier molecular flexibility index (Phi) is 5.75. The molecule has 0 N–H and O–H groups in total. The van der Waals surface area contributed by atoms with Crippen LogP contribution in [-0.4, -0.2) is 62.7 Å². The fraction of sp³-hybridized carbons (Fsp3) is 0.417. The van der Waals surface area contributed by atoms with Crippen molar-refractivity contribution >= 4 is 23.2 Å². The minimum atomic E-state index is -4.40. The first-order valence-corrected chi connectivity index (χ1v) is 11.2. The second kappa shape index (κ2) is 8.73. The molecule has 5 rings (SSSR count). The Morgan fingerprint density at radius 3 is 2.38 bits per heavy atom. The lowest BCUT2D eigenvalue weighted by molar-refractivity contribution is -0.137. The molecule has 180 valence electrons. The van der Waals surface area contributed by atoms with Gasteiger partial charge in [0.25, 0.3) is 0 Å². The molecule has 0 unspecified atom stereocenters. The number of hydrogen-bond acceptors (Lipinski definition) is 5. The van der Waals surface area contributed by atoms with Crippen LogP contribution in [0.3, 0.4) is 0 Å². The van der Waals surface area contributed by atoms with E-state index in [9.17, 15) is 22.8 Å². The molecule has 0 saturated carbocycles. The molecule has 34 heavy (non-hydrogen) atoms. The normalized spacial score (nSPS) is 20.6. The highest BCUT2D eigenvalue weighted by Crippen LogP contribution is 2.36. The number of anilines is 2. The van der Waals surface area contributed by atoms with E-state index < -0.39 is 17.7 Å². The number of benzene rings is 2. The Bertz CT molecular complexity index is 1100. The maximum atomic E-state index is 13.1. The first-order valence-electron chi connectivity index (χ1n) is 11.2. The summed E-state index contributed by atoms with van der Waals surface area (Å²) in [5, 5.41) is 0. The Labute approximate surface area is 194 Å². The number of nitrogens with zero attached hydrogens (tertiary/aromatic N) is 3. The highest BCUT2D eigenvalue weighted by Gasteiger charge is 2.38. The molecule has 0 aliphatic carbocycles. The average Bonchev–Trinajstić information content (AvgIpc) is 3.24.